The highest BCUT2D eigenvalue weighted by molar-refractivity contribution is 5.76. The smallest absolute Gasteiger partial charge is 0.364 e. The number of carbonyl (C=O) groups is 2. The van der Waals surface area contributed by atoms with Crippen LogP contribution in [-0.4, -0.2) is 208 Å². The fraction of sp³-hybridized carbons (Fsp3) is 0.965. The number of amides is 1. The number of aliphatic carboxylic acids is 1. The zero-order valence-corrected chi connectivity index (χ0v) is 47.9. The summed E-state index contributed by atoms with van der Waals surface area (Å²) in [6, 6.07) is -1.20. The van der Waals surface area contributed by atoms with Gasteiger partial charge >= 0.3 is 5.97 Å². The number of carbonyl (C=O) groups excluding carboxylic acids is 1. The minimum absolute atomic E-state index is 0.152. The molecule has 7 unspecified atom stereocenters. The molecular weight excluding hydrogens is 1030 g/mol. The summed E-state index contributed by atoms with van der Waals surface area (Å²) in [5.74, 6) is -9.85. The molecule has 3 aliphatic rings. The highest BCUT2D eigenvalue weighted by Gasteiger charge is 2.63. The van der Waals surface area contributed by atoms with Crippen LogP contribution in [-0.2, 0) is 38.0 Å². The summed E-state index contributed by atoms with van der Waals surface area (Å²) < 4.78 is 34.2. The number of nitrogens with one attached hydrogen (secondary N) is 1. The Hall–Kier alpha value is -1.78. The van der Waals surface area contributed by atoms with E-state index in [-0.39, 0.29) is 18.7 Å². The molecule has 3 saturated heterocycles. The average molecular weight is 1140 g/mol. The van der Waals surface area contributed by atoms with E-state index < -0.39 is 148 Å². The normalized spacial score (nSPS) is 31.9. The van der Waals surface area contributed by atoms with Crippen molar-refractivity contribution in [3.8, 4) is 0 Å². The lowest BCUT2D eigenvalue weighted by Gasteiger charge is -2.52. The molecule has 3 rings (SSSR count). The van der Waals surface area contributed by atoms with Crippen LogP contribution in [0, 0.1) is 5.92 Å². The van der Waals surface area contributed by atoms with Gasteiger partial charge in [0.25, 0.3) is 5.79 Å². The van der Waals surface area contributed by atoms with Crippen molar-refractivity contribution in [1.29, 1.82) is 0 Å². The van der Waals surface area contributed by atoms with Gasteiger partial charge < -0.3 is 100 Å². The fourth-order valence-corrected chi connectivity index (χ4v) is 10.9. The molecular formula is C57H107NO21. The summed E-state index contributed by atoms with van der Waals surface area (Å²) in [5.41, 5.74) is 0. The molecule has 18 atom stereocenters. The summed E-state index contributed by atoms with van der Waals surface area (Å²) in [5, 5.41) is 144. The number of rotatable bonds is 44. The second-order valence-electron chi connectivity index (χ2n) is 22.7. The van der Waals surface area contributed by atoms with E-state index in [1.807, 2.05) is 0 Å². The Labute approximate surface area is 469 Å². The summed E-state index contributed by atoms with van der Waals surface area (Å²) in [4.78, 5) is 26.2. The van der Waals surface area contributed by atoms with E-state index in [1.165, 1.54) is 116 Å². The predicted octanol–water partition coefficient (Wildman–Crippen LogP) is 3.45. The van der Waals surface area contributed by atoms with Crippen LogP contribution in [0.3, 0.4) is 0 Å². The van der Waals surface area contributed by atoms with Gasteiger partial charge in [-0.2, -0.15) is 0 Å². The first-order chi connectivity index (χ1) is 37.9. The monoisotopic (exact) mass is 1140 g/mol. The zero-order chi connectivity index (χ0) is 58.4. The Kier molecular flexibility index (Phi) is 35.2. The van der Waals surface area contributed by atoms with Crippen molar-refractivity contribution in [2.45, 2.75) is 317 Å². The minimum Gasteiger partial charge on any atom is -0.477 e. The fourth-order valence-electron chi connectivity index (χ4n) is 10.9. The van der Waals surface area contributed by atoms with E-state index in [1.54, 1.807) is 0 Å². The summed E-state index contributed by atoms with van der Waals surface area (Å²) >= 11 is 0. The number of hydrogen-bond acceptors (Lipinski definition) is 20. The molecule has 0 aromatic heterocycles. The van der Waals surface area contributed by atoms with Crippen LogP contribution in [0.2, 0.25) is 0 Å². The predicted molar refractivity (Wildman–Crippen MR) is 290 cm³/mol. The quantitative estimate of drug-likeness (QED) is 0.0389. The number of aliphatic hydroxyl groups excluding tert-OH is 11. The molecule has 466 valence electrons. The van der Waals surface area contributed by atoms with Crippen molar-refractivity contribution < 1.29 is 104 Å². The van der Waals surface area contributed by atoms with Crippen LogP contribution >= 0.6 is 0 Å². The van der Waals surface area contributed by atoms with Crippen molar-refractivity contribution in [2.75, 3.05) is 26.4 Å². The van der Waals surface area contributed by atoms with E-state index in [0.717, 1.165) is 51.4 Å². The van der Waals surface area contributed by atoms with Gasteiger partial charge in [-0.15, -0.1) is 0 Å². The molecule has 22 heteroatoms. The van der Waals surface area contributed by atoms with Gasteiger partial charge in [0, 0.05) is 18.8 Å². The molecule has 0 aromatic carbocycles. The van der Waals surface area contributed by atoms with E-state index in [4.69, 9.17) is 28.4 Å². The van der Waals surface area contributed by atoms with Gasteiger partial charge in [-0.3, -0.25) is 4.79 Å². The molecule has 0 aliphatic carbocycles. The molecule has 14 N–H and O–H groups in total. The molecule has 0 aromatic rings. The third-order valence-corrected chi connectivity index (χ3v) is 16.2. The van der Waals surface area contributed by atoms with Crippen LogP contribution in [0.4, 0.5) is 0 Å². The largest absolute Gasteiger partial charge is 0.477 e. The van der Waals surface area contributed by atoms with Crippen LogP contribution in [0.15, 0.2) is 0 Å². The molecule has 79 heavy (non-hydrogen) atoms. The maximum Gasteiger partial charge on any atom is 0.364 e. The molecule has 3 fully saturated rings. The van der Waals surface area contributed by atoms with Crippen LogP contribution in [0.5, 0.6) is 0 Å². The first kappa shape index (κ1) is 71.5. The number of aliphatic hydroxyl groups is 12. The topological polar surface area (TPSA) is 365 Å². The van der Waals surface area contributed by atoms with Gasteiger partial charge in [0.2, 0.25) is 11.7 Å². The Morgan fingerprint density at radius 2 is 1.08 bits per heavy atom. The molecule has 22 nitrogen and oxygen atoms in total. The molecule has 0 saturated carbocycles. The number of unbranched alkanes of at least 4 members (excludes halogenated alkanes) is 25. The maximum atomic E-state index is 13.4. The molecule has 0 bridgehead atoms. The van der Waals surface area contributed by atoms with Crippen molar-refractivity contribution >= 4 is 11.9 Å². The zero-order valence-electron chi connectivity index (χ0n) is 47.9. The third-order valence-electron chi connectivity index (χ3n) is 16.2. The maximum absolute atomic E-state index is 13.4. The first-order valence-electron chi connectivity index (χ1n) is 30.3. The number of hydrogen-bond donors (Lipinski definition) is 14. The number of ether oxygens (including phenoxy) is 6. The summed E-state index contributed by atoms with van der Waals surface area (Å²) in [6.07, 6.45) is 4.33. The van der Waals surface area contributed by atoms with Crippen molar-refractivity contribution in [2.24, 2.45) is 5.92 Å². The van der Waals surface area contributed by atoms with Crippen LogP contribution in [0.25, 0.3) is 0 Å². The van der Waals surface area contributed by atoms with Crippen LogP contribution < -0.4 is 5.32 Å². The number of carboxylic acids is 1. The minimum atomic E-state index is -3.12. The lowest BCUT2D eigenvalue weighted by molar-refractivity contribution is -0.434. The van der Waals surface area contributed by atoms with Gasteiger partial charge in [-0.25, -0.2) is 4.79 Å². The van der Waals surface area contributed by atoms with Gasteiger partial charge in [0.05, 0.1) is 44.7 Å². The van der Waals surface area contributed by atoms with Crippen LogP contribution in [0.1, 0.15) is 213 Å². The van der Waals surface area contributed by atoms with E-state index >= 15 is 0 Å². The lowest BCUT2D eigenvalue weighted by atomic mass is 9.83. The van der Waals surface area contributed by atoms with Crippen molar-refractivity contribution in [1.82, 2.24) is 5.32 Å². The van der Waals surface area contributed by atoms with Gasteiger partial charge in [0.1, 0.15) is 61.0 Å². The van der Waals surface area contributed by atoms with Gasteiger partial charge in [-0.1, -0.05) is 188 Å². The Bertz CT molecular complexity index is 1600. The summed E-state index contributed by atoms with van der Waals surface area (Å²) in [6.45, 7) is 2.05. The molecule has 3 aliphatic heterocycles. The Morgan fingerprint density at radius 3 is 1.54 bits per heavy atom. The Balaban J connectivity index is 1.64. The average Bonchev–Trinajstić information content (AvgIpc) is 3.53. The molecule has 3 heterocycles. The lowest BCUT2D eigenvalue weighted by Crippen LogP contribution is -2.70. The Morgan fingerprint density at radius 1 is 0.608 bits per heavy atom. The highest BCUT2D eigenvalue weighted by atomic mass is 16.8. The first-order valence-corrected chi connectivity index (χ1v) is 30.3. The molecule has 1 amide bonds. The third kappa shape index (κ3) is 23.3. The van der Waals surface area contributed by atoms with E-state index in [0.29, 0.717) is 12.8 Å². The van der Waals surface area contributed by atoms with Gasteiger partial charge in [0.15, 0.2) is 12.6 Å². The highest BCUT2D eigenvalue weighted by Crippen LogP contribution is 2.43. The molecule has 0 spiro atoms. The second kappa shape index (κ2) is 39.0. The summed E-state index contributed by atoms with van der Waals surface area (Å²) in [7, 11) is 0. The SMILES string of the molecule is CCCCCCCCCCCCCCCCCC(=O)N[C@@H](COC1O[C@@H](CO)C(O[C@@H]2OC(CO)[C@H](O)[C@H](O[C@]3(C(=O)O)CC(O)[C@@H](C)[C@@](O)([C@H](O)CO)O3)C2O)C(O)C1O)[C@H](O)[C@H](O)CCCCCCCCCCCCCC. The van der Waals surface area contributed by atoms with Crippen molar-refractivity contribution in [3.05, 3.63) is 0 Å². The van der Waals surface area contributed by atoms with E-state index in [9.17, 15) is 76.0 Å². The standard InChI is InChI=1S/C57H107NO21/c1-4-6-8-10-12-14-16-18-19-20-22-24-26-28-30-32-45(65)58-39(46(66)40(62)31-29-27-25-23-21-17-15-13-11-9-7-5-2)37-74-53-49(69)48(68)51(43(35-60)76-53)77-54-50(70)52(47(67)42(34-59)75-54)78-56(55(71)72)33-41(63)38(3)57(73,79-56)44(64)36-61/h38-44,46-54,59-64,66-70,73H,4-37H2,1-3H3,(H,58,65)(H,71,72)/t38-,39+,40-,41?,42?,43+,44-,46+,47+,48?,49?,50?,51?,52+,53?,54+,56-,57+/m1/s1. The second-order valence-corrected chi connectivity index (χ2v) is 22.7. The van der Waals surface area contributed by atoms with Gasteiger partial charge in [-0.05, 0) is 12.8 Å². The molecule has 0 radical (unpaired) electrons. The van der Waals surface area contributed by atoms with E-state index in [2.05, 4.69) is 19.2 Å². The number of carboxylic acid groups (broad SMARTS) is 1. The van der Waals surface area contributed by atoms with Crippen molar-refractivity contribution in [3.63, 3.8) is 0 Å².